The minimum atomic E-state index is -3.52. The second kappa shape index (κ2) is 7.89. The lowest BCUT2D eigenvalue weighted by Crippen LogP contribution is -2.50. The number of nitrogens with one attached hydrogen (secondary N) is 1. The summed E-state index contributed by atoms with van der Waals surface area (Å²) in [6.45, 7) is 3.63. The predicted octanol–water partition coefficient (Wildman–Crippen LogP) is 2.60. The van der Waals surface area contributed by atoms with Gasteiger partial charge in [0.1, 0.15) is 0 Å². The number of benzene rings is 1. The van der Waals surface area contributed by atoms with Gasteiger partial charge >= 0.3 is 0 Å². The zero-order chi connectivity index (χ0) is 18.9. The fraction of sp³-hybridized carbons (Fsp3) is 0.650. The quantitative estimate of drug-likeness (QED) is 0.857. The Balaban J connectivity index is 1.56. The number of sulfonamides is 1. The maximum atomic E-state index is 13.4. The van der Waals surface area contributed by atoms with Crippen molar-refractivity contribution >= 4 is 21.6 Å². The number of hydrogen-bond acceptors (Lipinski definition) is 4. The van der Waals surface area contributed by atoms with Gasteiger partial charge in [-0.2, -0.15) is 4.31 Å². The van der Waals surface area contributed by atoms with Crippen molar-refractivity contribution in [3.05, 3.63) is 23.8 Å². The van der Waals surface area contributed by atoms with Crippen LogP contribution in [0.15, 0.2) is 23.1 Å². The fourth-order valence-electron chi connectivity index (χ4n) is 4.57. The van der Waals surface area contributed by atoms with Crippen molar-refractivity contribution in [2.45, 2.75) is 62.3 Å². The highest BCUT2D eigenvalue weighted by molar-refractivity contribution is 7.89. The van der Waals surface area contributed by atoms with E-state index >= 15 is 0 Å². The summed E-state index contributed by atoms with van der Waals surface area (Å²) in [5.41, 5.74) is 1.66. The molecule has 2 fully saturated rings. The highest BCUT2D eigenvalue weighted by atomic mass is 32.2. The van der Waals surface area contributed by atoms with Crippen LogP contribution in [0.4, 0.5) is 5.69 Å². The van der Waals surface area contributed by atoms with Gasteiger partial charge in [-0.1, -0.05) is 12.8 Å². The lowest BCUT2D eigenvalue weighted by Gasteiger charge is -2.39. The van der Waals surface area contributed by atoms with Crippen LogP contribution in [0.5, 0.6) is 0 Å². The zero-order valence-corrected chi connectivity index (χ0v) is 16.6. The van der Waals surface area contributed by atoms with E-state index in [1.54, 1.807) is 22.5 Å². The molecular formula is C20H29N3O3S. The second-order valence-electron chi connectivity index (χ2n) is 7.99. The highest BCUT2D eigenvalue weighted by Crippen LogP contribution is 2.30. The van der Waals surface area contributed by atoms with E-state index in [1.165, 1.54) is 19.3 Å². The highest BCUT2D eigenvalue weighted by Gasteiger charge is 2.35. The van der Waals surface area contributed by atoms with E-state index in [2.05, 4.69) is 10.2 Å². The smallest absolute Gasteiger partial charge is 0.243 e. The van der Waals surface area contributed by atoms with Crippen LogP contribution >= 0.6 is 0 Å². The molecule has 0 radical (unpaired) electrons. The van der Waals surface area contributed by atoms with Gasteiger partial charge in [-0.15, -0.1) is 0 Å². The molecule has 148 valence electrons. The number of anilines is 1. The van der Waals surface area contributed by atoms with E-state index in [-0.39, 0.29) is 11.9 Å². The minimum Gasteiger partial charge on any atom is -0.326 e. The fourth-order valence-corrected chi connectivity index (χ4v) is 6.30. The molecule has 0 aromatic heterocycles. The van der Waals surface area contributed by atoms with Gasteiger partial charge in [-0.25, -0.2) is 8.42 Å². The Morgan fingerprint density at radius 1 is 1.00 bits per heavy atom. The third kappa shape index (κ3) is 4.05. The maximum Gasteiger partial charge on any atom is 0.243 e. The lowest BCUT2D eigenvalue weighted by atomic mass is 10.0. The minimum absolute atomic E-state index is 0.00395. The molecule has 7 heteroatoms. The lowest BCUT2D eigenvalue weighted by molar-refractivity contribution is -0.116. The molecule has 2 saturated heterocycles. The van der Waals surface area contributed by atoms with Crippen molar-refractivity contribution in [3.63, 3.8) is 0 Å². The molecule has 0 bridgehead atoms. The summed E-state index contributed by atoms with van der Waals surface area (Å²) in [7, 11) is -3.52. The summed E-state index contributed by atoms with van der Waals surface area (Å²) >= 11 is 0. The molecule has 0 saturated carbocycles. The van der Waals surface area contributed by atoms with Gasteiger partial charge in [-0.05, 0) is 69.0 Å². The number of rotatable bonds is 4. The van der Waals surface area contributed by atoms with Gasteiger partial charge in [0.05, 0.1) is 4.90 Å². The van der Waals surface area contributed by atoms with Crippen molar-refractivity contribution in [1.82, 2.24) is 9.21 Å². The van der Waals surface area contributed by atoms with E-state index in [0.29, 0.717) is 24.3 Å². The Kier molecular flexibility index (Phi) is 5.53. The number of hydrogen-bond donors (Lipinski definition) is 1. The molecule has 4 rings (SSSR count). The number of carbonyl (C=O) groups is 1. The molecule has 27 heavy (non-hydrogen) atoms. The van der Waals surface area contributed by atoms with Gasteiger partial charge in [0.2, 0.25) is 15.9 Å². The number of aryl methyl sites for hydroxylation is 1. The van der Waals surface area contributed by atoms with Crippen LogP contribution in [0.25, 0.3) is 0 Å². The molecule has 3 heterocycles. The van der Waals surface area contributed by atoms with Gasteiger partial charge in [-0.3, -0.25) is 4.79 Å². The SMILES string of the molecule is O=C1CCc2cc(S(=O)(=O)N3CCCC[C@@H]3CN3CCCCC3)ccc2N1. The molecule has 0 unspecified atom stereocenters. The van der Waals surface area contributed by atoms with Gasteiger partial charge in [0.15, 0.2) is 0 Å². The number of carbonyl (C=O) groups excluding carboxylic acids is 1. The summed E-state index contributed by atoms with van der Waals surface area (Å²) in [6.07, 6.45) is 7.70. The first kappa shape index (κ1) is 18.9. The topological polar surface area (TPSA) is 69.7 Å². The molecule has 1 amide bonds. The Labute approximate surface area is 162 Å². The number of piperidine rings is 2. The van der Waals surface area contributed by atoms with Crippen molar-refractivity contribution in [3.8, 4) is 0 Å². The summed E-state index contributed by atoms with van der Waals surface area (Å²) < 4.78 is 28.6. The molecule has 3 aliphatic heterocycles. The number of fused-ring (bicyclic) bond motifs is 1. The van der Waals surface area contributed by atoms with Gasteiger partial charge in [0.25, 0.3) is 0 Å². The molecular weight excluding hydrogens is 362 g/mol. The zero-order valence-electron chi connectivity index (χ0n) is 15.8. The number of nitrogens with zero attached hydrogens (tertiary/aromatic N) is 2. The molecule has 1 atom stereocenters. The van der Waals surface area contributed by atoms with E-state index in [4.69, 9.17) is 0 Å². The van der Waals surface area contributed by atoms with Crippen LogP contribution in [0.3, 0.4) is 0 Å². The standard InChI is InChI=1S/C20H29N3O3S/c24-20-10-7-16-14-18(8-9-19(16)21-20)27(25,26)23-13-5-2-6-17(23)15-22-11-3-1-4-12-22/h8-9,14,17H,1-7,10-13,15H2,(H,21,24)/t17-/m1/s1. The van der Waals surface area contributed by atoms with Crippen LogP contribution in [0, 0.1) is 0 Å². The van der Waals surface area contributed by atoms with E-state index in [1.807, 2.05) is 0 Å². The third-order valence-electron chi connectivity index (χ3n) is 6.07. The molecule has 1 N–H and O–H groups in total. The molecule has 6 nitrogen and oxygen atoms in total. The average molecular weight is 392 g/mol. The van der Waals surface area contributed by atoms with E-state index in [9.17, 15) is 13.2 Å². The van der Waals surface area contributed by atoms with Gasteiger partial charge in [0, 0.05) is 31.2 Å². The summed E-state index contributed by atoms with van der Waals surface area (Å²) in [4.78, 5) is 14.3. The average Bonchev–Trinajstić information content (AvgIpc) is 2.68. The Bertz CT molecular complexity index is 803. The van der Waals surface area contributed by atoms with Crippen molar-refractivity contribution in [2.75, 3.05) is 31.5 Å². The van der Waals surface area contributed by atoms with Crippen LogP contribution < -0.4 is 5.32 Å². The normalized spacial score (nSPS) is 25.0. The van der Waals surface area contributed by atoms with Crippen LogP contribution in [0.1, 0.15) is 50.5 Å². The first-order chi connectivity index (χ1) is 13.0. The third-order valence-corrected chi connectivity index (χ3v) is 8.02. The Morgan fingerprint density at radius 2 is 1.78 bits per heavy atom. The van der Waals surface area contributed by atoms with Crippen LogP contribution in [0.2, 0.25) is 0 Å². The predicted molar refractivity (Wildman–Crippen MR) is 105 cm³/mol. The summed E-state index contributed by atoms with van der Waals surface area (Å²) in [6, 6.07) is 5.21. The first-order valence-electron chi connectivity index (χ1n) is 10.2. The molecule has 1 aromatic carbocycles. The summed E-state index contributed by atoms with van der Waals surface area (Å²) in [5, 5.41) is 2.83. The van der Waals surface area contributed by atoms with Gasteiger partial charge < -0.3 is 10.2 Å². The van der Waals surface area contributed by atoms with Crippen molar-refractivity contribution in [2.24, 2.45) is 0 Å². The Morgan fingerprint density at radius 3 is 2.59 bits per heavy atom. The van der Waals surface area contributed by atoms with Crippen molar-refractivity contribution < 1.29 is 13.2 Å². The van der Waals surface area contributed by atoms with E-state index < -0.39 is 10.0 Å². The summed E-state index contributed by atoms with van der Waals surface area (Å²) in [5.74, 6) is -0.00395. The molecule has 1 aromatic rings. The number of amides is 1. The maximum absolute atomic E-state index is 13.4. The first-order valence-corrected chi connectivity index (χ1v) is 11.6. The van der Waals surface area contributed by atoms with Crippen LogP contribution in [-0.4, -0.2) is 55.8 Å². The number of likely N-dealkylation sites (tertiary alicyclic amines) is 1. The largest absolute Gasteiger partial charge is 0.326 e. The monoisotopic (exact) mass is 391 g/mol. The van der Waals surface area contributed by atoms with E-state index in [0.717, 1.165) is 50.1 Å². The van der Waals surface area contributed by atoms with Crippen molar-refractivity contribution in [1.29, 1.82) is 0 Å². The van der Waals surface area contributed by atoms with Crippen LogP contribution in [-0.2, 0) is 21.2 Å². The molecule has 0 spiro atoms. The Hall–Kier alpha value is -1.44. The second-order valence-corrected chi connectivity index (χ2v) is 9.88. The molecule has 0 aliphatic carbocycles. The molecule has 3 aliphatic rings.